The van der Waals surface area contributed by atoms with Crippen molar-refractivity contribution in [3.63, 3.8) is 0 Å². The molecule has 0 saturated heterocycles. The standard InChI is InChI=1S/C16H20N2O5/c1-4-21-14-10-12(15-18-17-11(2)23-15)6-7-13(14)16(19)22-9-5-8-20-3/h6-7,10H,4-5,8-9H2,1-3H3. The van der Waals surface area contributed by atoms with E-state index in [9.17, 15) is 4.79 Å². The number of hydrogen-bond acceptors (Lipinski definition) is 7. The molecule has 1 aromatic carbocycles. The van der Waals surface area contributed by atoms with E-state index in [2.05, 4.69) is 10.2 Å². The molecule has 1 aromatic heterocycles. The Morgan fingerprint density at radius 2 is 2.09 bits per heavy atom. The second kappa shape index (κ2) is 8.28. The molecule has 0 fully saturated rings. The third kappa shape index (κ3) is 4.53. The number of carbonyl (C=O) groups excluding carboxylic acids is 1. The fourth-order valence-electron chi connectivity index (χ4n) is 1.96. The van der Waals surface area contributed by atoms with Gasteiger partial charge in [-0.05, 0) is 25.1 Å². The Kier molecular flexibility index (Phi) is 6.10. The Bertz CT molecular complexity index is 654. The van der Waals surface area contributed by atoms with Crippen LogP contribution in [0.3, 0.4) is 0 Å². The minimum absolute atomic E-state index is 0.294. The van der Waals surface area contributed by atoms with Gasteiger partial charge in [-0.1, -0.05) is 0 Å². The summed E-state index contributed by atoms with van der Waals surface area (Å²) in [4.78, 5) is 12.2. The largest absolute Gasteiger partial charge is 0.493 e. The number of aryl methyl sites for hydroxylation is 1. The molecule has 0 saturated carbocycles. The average Bonchev–Trinajstić information content (AvgIpc) is 2.98. The summed E-state index contributed by atoms with van der Waals surface area (Å²) in [7, 11) is 1.60. The highest BCUT2D eigenvalue weighted by atomic mass is 16.5. The highest BCUT2D eigenvalue weighted by molar-refractivity contribution is 5.93. The minimum atomic E-state index is -0.433. The summed E-state index contributed by atoms with van der Waals surface area (Å²) in [5.41, 5.74) is 1.05. The summed E-state index contributed by atoms with van der Waals surface area (Å²) in [5, 5.41) is 7.75. The third-order valence-electron chi connectivity index (χ3n) is 3.00. The van der Waals surface area contributed by atoms with E-state index >= 15 is 0 Å². The van der Waals surface area contributed by atoms with Crippen LogP contribution < -0.4 is 4.74 Å². The van der Waals surface area contributed by atoms with Gasteiger partial charge in [-0.25, -0.2) is 4.79 Å². The molecule has 1 heterocycles. The van der Waals surface area contributed by atoms with Crippen LogP contribution in [0.15, 0.2) is 22.6 Å². The molecule has 0 aliphatic rings. The number of esters is 1. The van der Waals surface area contributed by atoms with Crippen molar-refractivity contribution in [1.82, 2.24) is 10.2 Å². The quantitative estimate of drug-likeness (QED) is 0.546. The molecule has 0 radical (unpaired) electrons. The first-order valence-electron chi connectivity index (χ1n) is 7.39. The molecule has 0 atom stereocenters. The predicted molar refractivity (Wildman–Crippen MR) is 82.4 cm³/mol. The topological polar surface area (TPSA) is 83.7 Å². The van der Waals surface area contributed by atoms with Crippen molar-refractivity contribution >= 4 is 5.97 Å². The third-order valence-corrected chi connectivity index (χ3v) is 3.00. The number of methoxy groups -OCH3 is 1. The molecule has 2 aromatic rings. The smallest absolute Gasteiger partial charge is 0.341 e. The van der Waals surface area contributed by atoms with E-state index in [0.717, 1.165) is 0 Å². The Hall–Kier alpha value is -2.41. The maximum atomic E-state index is 12.2. The van der Waals surface area contributed by atoms with Gasteiger partial charge in [0, 0.05) is 32.6 Å². The van der Waals surface area contributed by atoms with Gasteiger partial charge in [0.15, 0.2) is 0 Å². The molecule has 0 aliphatic carbocycles. The Labute approximate surface area is 134 Å². The van der Waals surface area contributed by atoms with Gasteiger partial charge >= 0.3 is 5.97 Å². The second-order valence-electron chi connectivity index (χ2n) is 4.75. The zero-order valence-electron chi connectivity index (χ0n) is 13.5. The van der Waals surface area contributed by atoms with Gasteiger partial charge in [-0.3, -0.25) is 0 Å². The molecule has 124 valence electrons. The van der Waals surface area contributed by atoms with Gasteiger partial charge in [-0.15, -0.1) is 10.2 Å². The Balaban J connectivity index is 2.17. The number of benzene rings is 1. The van der Waals surface area contributed by atoms with Crippen molar-refractivity contribution in [3.8, 4) is 17.2 Å². The van der Waals surface area contributed by atoms with Crippen LogP contribution in [0.1, 0.15) is 29.6 Å². The molecule has 7 heteroatoms. The molecular formula is C16H20N2O5. The van der Waals surface area contributed by atoms with Gasteiger partial charge in [0.05, 0.1) is 13.2 Å². The summed E-state index contributed by atoms with van der Waals surface area (Å²) in [6.45, 7) is 4.82. The monoisotopic (exact) mass is 320 g/mol. The summed E-state index contributed by atoms with van der Waals surface area (Å²) in [6, 6.07) is 5.06. The van der Waals surface area contributed by atoms with Crippen molar-refractivity contribution in [2.45, 2.75) is 20.3 Å². The first-order chi connectivity index (χ1) is 11.2. The van der Waals surface area contributed by atoms with Gasteiger partial charge in [0.1, 0.15) is 11.3 Å². The van der Waals surface area contributed by atoms with Crippen molar-refractivity contribution in [2.24, 2.45) is 0 Å². The van der Waals surface area contributed by atoms with E-state index in [4.69, 9.17) is 18.6 Å². The summed E-state index contributed by atoms with van der Waals surface area (Å²) < 4.78 is 21.1. The molecule has 23 heavy (non-hydrogen) atoms. The van der Waals surface area contributed by atoms with Crippen LogP contribution in [-0.4, -0.2) is 43.1 Å². The maximum Gasteiger partial charge on any atom is 0.341 e. The van der Waals surface area contributed by atoms with Gasteiger partial charge in [0.25, 0.3) is 0 Å². The number of ether oxygens (including phenoxy) is 3. The summed E-state index contributed by atoms with van der Waals surface area (Å²) in [6.07, 6.45) is 0.644. The van der Waals surface area contributed by atoms with Crippen LogP contribution in [0.25, 0.3) is 11.5 Å². The number of hydrogen-bond donors (Lipinski definition) is 0. The second-order valence-corrected chi connectivity index (χ2v) is 4.75. The number of rotatable bonds is 8. The van der Waals surface area contributed by atoms with Gasteiger partial charge in [-0.2, -0.15) is 0 Å². The lowest BCUT2D eigenvalue weighted by Crippen LogP contribution is -2.10. The Morgan fingerprint density at radius 3 is 2.74 bits per heavy atom. The van der Waals surface area contributed by atoms with Crippen molar-refractivity contribution < 1.29 is 23.4 Å². The van der Waals surface area contributed by atoms with E-state index in [-0.39, 0.29) is 0 Å². The van der Waals surface area contributed by atoms with E-state index in [1.54, 1.807) is 32.2 Å². The molecule has 0 unspecified atom stereocenters. The highest BCUT2D eigenvalue weighted by Gasteiger charge is 2.17. The first kappa shape index (κ1) is 17.0. The highest BCUT2D eigenvalue weighted by Crippen LogP contribution is 2.27. The summed E-state index contributed by atoms with van der Waals surface area (Å²) in [5.74, 6) is 0.846. The van der Waals surface area contributed by atoms with Crippen LogP contribution in [0, 0.1) is 6.92 Å². The van der Waals surface area contributed by atoms with E-state index in [1.165, 1.54) is 0 Å². The van der Waals surface area contributed by atoms with E-state index < -0.39 is 5.97 Å². The fraction of sp³-hybridized carbons (Fsp3) is 0.438. The lowest BCUT2D eigenvalue weighted by atomic mass is 10.1. The first-order valence-corrected chi connectivity index (χ1v) is 7.39. The Morgan fingerprint density at radius 1 is 1.26 bits per heavy atom. The molecule has 2 rings (SSSR count). The normalized spacial score (nSPS) is 10.6. The van der Waals surface area contributed by atoms with Crippen LogP contribution in [0.4, 0.5) is 0 Å². The molecule has 0 amide bonds. The lowest BCUT2D eigenvalue weighted by Gasteiger charge is -2.11. The molecular weight excluding hydrogens is 300 g/mol. The van der Waals surface area contributed by atoms with Crippen molar-refractivity contribution in [3.05, 3.63) is 29.7 Å². The lowest BCUT2D eigenvalue weighted by molar-refractivity contribution is 0.0464. The molecule has 0 aliphatic heterocycles. The molecule has 7 nitrogen and oxygen atoms in total. The summed E-state index contributed by atoms with van der Waals surface area (Å²) >= 11 is 0. The molecule has 0 spiro atoms. The predicted octanol–water partition coefficient (Wildman–Crippen LogP) is 2.64. The number of carbonyl (C=O) groups is 1. The van der Waals surface area contributed by atoms with Crippen molar-refractivity contribution in [2.75, 3.05) is 26.9 Å². The van der Waals surface area contributed by atoms with Crippen molar-refractivity contribution in [1.29, 1.82) is 0 Å². The van der Waals surface area contributed by atoms with Crippen LogP contribution in [-0.2, 0) is 9.47 Å². The van der Waals surface area contributed by atoms with Gasteiger partial charge < -0.3 is 18.6 Å². The number of nitrogens with zero attached hydrogens (tertiary/aromatic N) is 2. The zero-order chi connectivity index (χ0) is 16.7. The minimum Gasteiger partial charge on any atom is -0.493 e. The molecule has 0 N–H and O–H groups in total. The van der Waals surface area contributed by atoms with Crippen LogP contribution in [0.5, 0.6) is 5.75 Å². The molecule has 0 bridgehead atoms. The number of aromatic nitrogens is 2. The van der Waals surface area contributed by atoms with Crippen LogP contribution in [0.2, 0.25) is 0 Å². The fourth-order valence-corrected chi connectivity index (χ4v) is 1.96. The van der Waals surface area contributed by atoms with E-state index in [0.29, 0.717) is 54.9 Å². The van der Waals surface area contributed by atoms with E-state index in [1.807, 2.05) is 6.92 Å². The zero-order valence-corrected chi connectivity index (χ0v) is 13.5. The average molecular weight is 320 g/mol. The van der Waals surface area contributed by atoms with Crippen LogP contribution >= 0.6 is 0 Å². The van der Waals surface area contributed by atoms with Gasteiger partial charge in [0.2, 0.25) is 11.8 Å². The SMILES string of the molecule is CCOc1cc(-c2nnc(C)o2)ccc1C(=O)OCCCOC. The maximum absolute atomic E-state index is 12.2.